The van der Waals surface area contributed by atoms with E-state index in [2.05, 4.69) is 10.3 Å². The summed E-state index contributed by atoms with van der Waals surface area (Å²) in [5, 5.41) is 13.0. The number of carbonyl (C=O) groups is 1. The van der Waals surface area contributed by atoms with E-state index in [4.69, 9.17) is 4.74 Å². The second-order valence-corrected chi connectivity index (χ2v) is 6.63. The molecule has 2 heterocycles. The van der Waals surface area contributed by atoms with Crippen LogP contribution in [0.2, 0.25) is 0 Å². The summed E-state index contributed by atoms with van der Waals surface area (Å²) in [6.07, 6.45) is -0.0499. The van der Waals surface area contributed by atoms with Crippen LogP contribution in [0, 0.1) is 6.92 Å². The van der Waals surface area contributed by atoms with E-state index in [-0.39, 0.29) is 18.9 Å². The van der Waals surface area contributed by atoms with Crippen LogP contribution in [0.15, 0.2) is 40.1 Å². The van der Waals surface area contributed by atoms with Gasteiger partial charge < -0.3 is 15.2 Å². The third-order valence-corrected chi connectivity index (χ3v) is 4.79. The van der Waals surface area contributed by atoms with Gasteiger partial charge in [0.25, 0.3) is 11.5 Å². The molecular weight excluding hydrogens is 350 g/mol. The maximum Gasteiger partial charge on any atom is 0.330 e. The Bertz CT molecular complexity index is 949. The topological polar surface area (TPSA) is 113 Å². The van der Waals surface area contributed by atoms with Crippen molar-refractivity contribution in [2.45, 2.75) is 45.1 Å². The van der Waals surface area contributed by atoms with Crippen molar-refractivity contribution < 1.29 is 14.6 Å². The number of amides is 1. The quantitative estimate of drug-likeness (QED) is 0.706. The van der Waals surface area contributed by atoms with Crippen LogP contribution in [-0.4, -0.2) is 39.3 Å². The third kappa shape index (κ3) is 4.01. The molecule has 3 atom stereocenters. The zero-order valence-corrected chi connectivity index (χ0v) is 15.3. The number of benzene rings is 1. The van der Waals surface area contributed by atoms with Gasteiger partial charge in [-0.1, -0.05) is 25.1 Å². The zero-order chi connectivity index (χ0) is 19.6. The Morgan fingerprint density at radius 2 is 2.11 bits per heavy atom. The molecule has 1 amide bonds. The number of carbonyl (C=O) groups excluding carboxylic acids is 1. The van der Waals surface area contributed by atoms with Crippen molar-refractivity contribution in [3.63, 3.8) is 0 Å². The third-order valence-electron chi connectivity index (χ3n) is 4.79. The Morgan fingerprint density at radius 1 is 1.37 bits per heavy atom. The van der Waals surface area contributed by atoms with E-state index in [9.17, 15) is 19.5 Å². The number of aliphatic hydroxyl groups is 1. The summed E-state index contributed by atoms with van der Waals surface area (Å²) in [6.45, 7) is 3.77. The molecule has 1 aliphatic rings. The number of aryl methyl sites for hydroxylation is 2. The fourth-order valence-corrected chi connectivity index (χ4v) is 3.18. The van der Waals surface area contributed by atoms with Gasteiger partial charge in [0, 0.05) is 30.3 Å². The van der Waals surface area contributed by atoms with Crippen LogP contribution >= 0.6 is 0 Å². The molecule has 1 saturated heterocycles. The molecule has 3 rings (SSSR count). The fraction of sp³-hybridized carbons (Fsp3) is 0.421. The largest absolute Gasteiger partial charge is 0.390 e. The van der Waals surface area contributed by atoms with Gasteiger partial charge >= 0.3 is 5.69 Å². The van der Waals surface area contributed by atoms with E-state index in [0.29, 0.717) is 17.5 Å². The van der Waals surface area contributed by atoms with E-state index >= 15 is 0 Å². The lowest BCUT2D eigenvalue weighted by Gasteiger charge is -2.17. The van der Waals surface area contributed by atoms with Gasteiger partial charge in [-0.2, -0.15) is 0 Å². The molecule has 3 N–H and O–H groups in total. The van der Waals surface area contributed by atoms with Crippen LogP contribution in [0.1, 0.15) is 41.1 Å². The first-order valence-corrected chi connectivity index (χ1v) is 8.92. The molecule has 8 heteroatoms. The number of hydrogen-bond acceptors (Lipinski definition) is 5. The standard InChI is InChI=1S/C19H23N3O5/c1-3-12-10-22(19(26)21-17(12)24)16-8-14(23)15(27-16)9-20-18(25)13-7-5-4-6-11(13)2/h4-7,10,14-16,23H,3,8-9H2,1-2H3,(H,20,25)(H,21,24,26)/t14-,15+,16+/m0/s1. The van der Waals surface area contributed by atoms with Crippen molar-refractivity contribution >= 4 is 5.91 Å². The first-order valence-electron chi connectivity index (χ1n) is 8.92. The highest BCUT2D eigenvalue weighted by molar-refractivity contribution is 5.95. The van der Waals surface area contributed by atoms with E-state index in [0.717, 1.165) is 5.56 Å². The van der Waals surface area contributed by atoms with Gasteiger partial charge in [0.05, 0.1) is 6.10 Å². The zero-order valence-electron chi connectivity index (χ0n) is 15.3. The highest BCUT2D eigenvalue weighted by Gasteiger charge is 2.35. The summed E-state index contributed by atoms with van der Waals surface area (Å²) in [7, 11) is 0. The lowest BCUT2D eigenvalue weighted by atomic mass is 10.1. The van der Waals surface area contributed by atoms with Gasteiger partial charge in [0.1, 0.15) is 12.3 Å². The number of H-pyrrole nitrogens is 1. The monoisotopic (exact) mass is 373 g/mol. The Morgan fingerprint density at radius 3 is 2.81 bits per heavy atom. The Kier molecular flexibility index (Phi) is 5.57. The van der Waals surface area contributed by atoms with Crippen molar-refractivity contribution in [1.82, 2.24) is 14.9 Å². The Hall–Kier alpha value is -2.71. The van der Waals surface area contributed by atoms with Crippen LogP contribution < -0.4 is 16.6 Å². The Balaban J connectivity index is 1.69. The molecule has 8 nitrogen and oxygen atoms in total. The fourth-order valence-electron chi connectivity index (χ4n) is 3.18. The molecule has 1 fully saturated rings. The molecule has 1 aliphatic heterocycles. The van der Waals surface area contributed by atoms with Crippen LogP contribution in [0.4, 0.5) is 0 Å². The van der Waals surface area contributed by atoms with Gasteiger partial charge in [-0.25, -0.2) is 4.79 Å². The van der Waals surface area contributed by atoms with E-state index < -0.39 is 29.7 Å². The number of rotatable bonds is 5. The lowest BCUT2D eigenvalue weighted by molar-refractivity contribution is -0.0187. The normalized spacial score (nSPS) is 22.0. The SMILES string of the molecule is CCc1cn([C@H]2C[C@H](O)[C@@H](CNC(=O)c3ccccc3C)O2)c(=O)[nH]c1=O. The summed E-state index contributed by atoms with van der Waals surface area (Å²) in [5.74, 6) is -0.248. The summed E-state index contributed by atoms with van der Waals surface area (Å²) < 4.78 is 7.06. The molecule has 27 heavy (non-hydrogen) atoms. The maximum absolute atomic E-state index is 12.3. The summed E-state index contributed by atoms with van der Waals surface area (Å²) in [5.41, 5.74) is 0.876. The smallest absolute Gasteiger partial charge is 0.330 e. The van der Waals surface area contributed by atoms with Crippen LogP contribution in [0.25, 0.3) is 0 Å². The minimum Gasteiger partial charge on any atom is -0.390 e. The average molecular weight is 373 g/mol. The number of hydrogen-bond donors (Lipinski definition) is 3. The van der Waals surface area contributed by atoms with Gasteiger partial charge in [-0.15, -0.1) is 0 Å². The number of ether oxygens (including phenoxy) is 1. The second kappa shape index (κ2) is 7.89. The highest BCUT2D eigenvalue weighted by Crippen LogP contribution is 2.27. The maximum atomic E-state index is 12.3. The first-order chi connectivity index (χ1) is 12.9. The van der Waals surface area contributed by atoms with Gasteiger partial charge in [-0.05, 0) is 25.0 Å². The number of aliphatic hydroxyl groups excluding tert-OH is 1. The van der Waals surface area contributed by atoms with Crippen molar-refractivity contribution in [1.29, 1.82) is 0 Å². The average Bonchev–Trinajstić information content (AvgIpc) is 3.00. The number of nitrogens with one attached hydrogen (secondary N) is 2. The molecule has 1 aromatic carbocycles. The summed E-state index contributed by atoms with van der Waals surface area (Å²) >= 11 is 0. The molecule has 0 saturated carbocycles. The van der Waals surface area contributed by atoms with Crippen molar-refractivity contribution in [2.75, 3.05) is 6.54 Å². The molecule has 0 aliphatic carbocycles. The summed E-state index contributed by atoms with van der Waals surface area (Å²) in [6, 6.07) is 7.21. The van der Waals surface area contributed by atoms with E-state index in [1.54, 1.807) is 12.1 Å². The molecule has 0 radical (unpaired) electrons. The lowest BCUT2D eigenvalue weighted by Crippen LogP contribution is -2.37. The van der Waals surface area contributed by atoms with Crippen molar-refractivity contribution in [2.24, 2.45) is 0 Å². The predicted molar refractivity (Wildman–Crippen MR) is 98.7 cm³/mol. The van der Waals surface area contributed by atoms with Gasteiger partial charge in [-0.3, -0.25) is 19.1 Å². The first kappa shape index (κ1) is 19.1. The molecule has 0 spiro atoms. The van der Waals surface area contributed by atoms with Gasteiger partial charge in [0.2, 0.25) is 0 Å². The minimum atomic E-state index is -0.837. The molecule has 1 aromatic heterocycles. The highest BCUT2D eigenvalue weighted by atomic mass is 16.5. The minimum absolute atomic E-state index is 0.115. The number of nitrogens with zero attached hydrogens (tertiary/aromatic N) is 1. The molecular formula is C19H23N3O5. The van der Waals surface area contributed by atoms with Gasteiger partial charge in [0.15, 0.2) is 0 Å². The molecule has 0 bridgehead atoms. The van der Waals surface area contributed by atoms with Crippen LogP contribution in [-0.2, 0) is 11.2 Å². The van der Waals surface area contributed by atoms with Crippen LogP contribution in [0.5, 0.6) is 0 Å². The predicted octanol–water partition coefficient (Wildman–Crippen LogP) is 0.486. The molecule has 2 aromatic rings. The van der Waals surface area contributed by atoms with Crippen LogP contribution in [0.3, 0.4) is 0 Å². The number of aromatic nitrogens is 2. The molecule has 144 valence electrons. The van der Waals surface area contributed by atoms with E-state index in [1.165, 1.54) is 10.8 Å². The second-order valence-electron chi connectivity index (χ2n) is 6.63. The Labute approximate surface area is 155 Å². The summed E-state index contributed by atoms with van der Waals surface area (Å²) in [4.78, 5) is 38.3. The molecule has 0 unspecified atom stereocenters. The van der Waals surface area contributed by atoms with E-state index in [1.807, 2.05) is 26.0 Å². The number of aromatic amines is 1. The van der Waals surface area contributed by atoms with Crippen molar-refractivity contribution in [3.8, 4) is 0 Å². The van der Waals surface area contributed by atoms with Crippen molar-refractivity contribution in [3.05, 3.63) is 68.0 Å².